The predicted octanol–water partition coefficient (Wildman–Crippen LogP) is 4.81. The van der Waals surface area contributed by atoms with Crippen molar-refractivity contribution in [2.75, 3.05) is 6.61 Å². The van der Waals surface area contributed by atoms with E-state index >= 15 is 0 Å². The number of nitrogens with zero attached hydrogens (tertiary/aromatic N) is 1. The van der Waals surface area contributed by atoms with Crippen LogP contribution < -0.4 is 10.1 Å². The second-order valence-corrected chi connectivity index (χ2v) is 8.47. The van der Waals surface area contributed by atoms with Crippen LogP contribution in [0.3, 0.4) is 0 Å². The number of benzene rings is 2. The number of carbonyl (C=O) groups excluding carboxylic acids is 1. The molecule has 0 saturated heterocycles. The van der Waals surface area contributed by atoms with Crippen molar-refractivity contribution in [3.63, 3.8) is 0 Å². The highest BCUT2D eigenvalue weighted by Crippen LogP contribution is 2.33. The van der Waals surface area contributed by atoms with Crippen LogP contribution in [0.2, 0.25) is 0 Å². The number of aliphatic carboxylic acids is 1. The largest absolute Gasteiger partial charge is 0.490 e. The first-order valence-electron chi connectivity index (χ1n) is 11.2. The number of halogens is 3. The van der Waals surface area contributed by atoms with Gasteiger partial charge in [-0.2, -0.15) is 13.2 Å². The Morgan fingerprint density at radius 3 is 2.54 bits per heavy atom. The third-order valence-corrected chi connectivity index (χ3v) is 5.97. The molecule has 1 fully saturated rings. The molecule has 0 unspecified atom stereocenters. The Morgan fingerprint density at radius 1 is 1.09 bits per heavy atom. The van der Waals surface area contributed by atoms with Gasteiger partial charge in [0.2, 0.25) is 0 Å². The number of fused-ring (bicyclic) bond motifs is 2. The summed E-state index contributed by atoms with van der Waals surface area (Å²) in [5, 5.41) is 10.3. The Labute approximate surface area is 199 Å². The Balaban J connectivity index is 0.000000364. The zero-order valence-corrected chi connectivity index (χ0v) is 18.6. The minimum Gasteiger partial charge on any atom is -0.488 e. The van der Waals surface area contributed by atoms with Gasteiger partial charge in [-0.3, -0.25) is 4.79 Å². The van der Waals surface area contributed by atoms with Gasteiger partial charge in [-0.1, -0.05) is 36.8 Å². The second kappa shape index (κ2) is 10.2. The molecule has 7 nitrogen and oxygen atoms in total. The fourth-order valence-electron chi connectivity index (χ4n) is 4.26. The number of aromatic amines is 1. The van der Waals surface area contributed by atoms with Crippen molar-refractivity contribution in [2.24, 2.45) is 0 Å². The highest BCUT2D eigenvalue weighted by atomic mass is 19.4. The van der Waals surface area contributed by atoms with E-state index in [2.05, 4.69) is 16.4 Å². The molecule has 1 amide bonds. The molecular weight excluding hydrogens is 463 g/mol. The lowest BCUT2D eigenvalue weighted by atomic mass is 9.85. The van der Waals surface area contributed by atoms with E-state index in [0.717, 1.165) is 53.9 Å². The first kappa shape index (κ1) is 24.3. The first-order chi connectivity index (χ1) is 16.7. The summed E-state index contributed by atoms with van der Waals surface area (Å²) in [7, 11) is 0. The standard InChI is InChI=1S/C23H23N3O2.C2HF3O2/c27-23(17-12-15-6-1-4-11-21(15)28-14-17)24-18-8-5-7-16(13-18)22-25-19-9-2-3-10-20(19)26-22;3-2(4,5)1(6)7/h1-4,6,9-12,16,18H,5,7-8,13-14H2,(H,24,27)(H,25,26);(H,6,7)/t16-,18+;/m0./s1. The maximum Gasteiger partial charge on any atom is 0.490 e. The number of para-hydroxylation sites is 3. The van der Waals surface area contributed by atoms with Crippen LogP contribution in [0.4, 0.5) is 13.2 Å². The van der Waals surface area contributed by atoms with Gasteiger partial charge < -0.3 is 20.1 Å². The lowest BCUT2D eigenvalue weighted by Gasteiger charge is -2.29. The summed E-state index contributed by atoms with van der Waals surface area (Å²) in [6.07, 6.45) is 0.966. The number of carbonyl (C=O) groups is 2. The molecule has 184 valence electrons. The number of rotatable bonds is 3. The Hall–Kier alpha value is -3.82. The van der Waals surface area contributed by atoms with Crippen molar-refractivity contribution in [2.45, 2.75) is 43.8 Å². The summed E-state index contributed by atoms with van der Waals surface area (Å²) >= 11 is 0. The highest BCUT2D eigenvalue weighted by Gasteiger charge is 2.38. The molecular formula is C25H24F3N3O4. The van der Waals surface area contributed by atoms with E-state index in [1.807, 2.05) is 48.5 Å². The average Bonchev–Trinajstić information content (AvgIpc) is 3.28. The predicted molar refractivity (Wildman–Crippen MR) is 123 cm³/mol. The van der Waals surface area contributed by atoms with Gasteiger partial charge in [-0.15, -0.1) is 0 Å². The summed E-state index contributed by atoms with van der Waals surface area (Å²) in [4.78, 5) is 29.9. The molecule has 3 aromatic rings. The molecule has 1 saturated carbocycles. The van der Waals surface area contributed by atoms with E-state index in [4.69, 9.17) is 19.6 Å². The minimum absolute atomic E-state index is 0.0234. The lowest BCUT2D eigenvalue weighted by molar-refractivity contribution is -0.192. The number of hydrogen-bond donors (Lipinski definition) is 3. The SMILES string of the molecule is O=C(N[C@@H]1CCC[C@H](c2nc3ccccc3[nH]2)C1)C1=Cc2ccccc2OC1.O=C(O)C(F)(F)F. The maximum absolute atomic E-state index is 12.8. The molecule has 2 heterocycles. The van der Waals surface area contributed by atoms with E-state index < -0.39 is 12.1 Å². The molecule has 1 aliphatic carbocycles. The molecule has 0 radical (unpaired) electrons. The molecule has 2 aliphatic rings. The van der Waals surface area contributed by atoms with E-state index in [9.17, 15) is 18.0 Å². The van der Waals surface area contributed by atoms with Crippen molar-refractivity contribution in [1.82, 2.24) is 15.3 Å². The van der Waals surface area contributed by atoms with Gasteiger partial charge in [-0.25, -0.2) is 9.78 Å². The number of H-pyrrole nitrogens is 1. The fourth-order valence-corrected chi connectivity index (χ4v) is 4.26. The summed E-state index contributed by atoms with van der Waals surface area (Å²) in [5.41, 5.74) is 3.73. The highest BCUT2D eigenvalue weighted by molar-refractivity contribution is 5.99. The van der Waals surface area contributed by atoms with Crippen LogP contribution in [-0.4, -0.2) is 45.8 Å². The lowest BCUT2D eigenvalue weighted by Crippen LogP contribution is -2.40. The number of amides is 1. The third kappa shape index (κ3) is 6.00. The van der Waals surface area contributed by atoms with E-state index in [0.29, 0.717) is 18.1 Å². The van der Waals surface area contributed by atoms with E-state index in [1.54, 1.807) is 0 Å². The molecule has 0 spiro atoms. The van der Waals surface area contributed by atoms with E-state index in [1.165, 1.54) is 0 Å². The van der Waals surface area contributed by atoms with Crippen LogP contribution in [0, 0.1) is 0 Å². The van der Waals surface area contributed by atoms with Crippen LogP contribution in [-0.2, 0) is 9.59 Å². The number of nitrogens with one attached hydrogen (secondary N) is 2. The number of imidazole rings is 1. The first-order valence-corrected chi connectivity index (χ1v) is 11.2. The molecule has 0 bridgehead atoms. The van der Waals surface area contributed by atoms with Crippen molar-refractivity contribution in [1.29, 1.82) is 0 Å². The summed E-state index contributed by atoms with van der Waals surface area (Å²) in [6, 6.07) is 16.1. The molecule has 3 N–H and O–H groups in total. The normalized spacial score (nSPS) is 19.5. The van der Waals surface area contributed by atoms with Crippen molar-refractivity contribution >= 4 is 29.0 Å². The number of ether oxygens (including phenoxy) is 1. The van der Waals surface area contributed by atoms with E-state index in [-0.39, 0.29) is 11.9 Å². The van der Waals surface area contributed by atoms with Gasteiger partial charge in [0.1, 0.15) is 18.2 Å². The number of alkyl halides is 3. The van der Waals surface area contributed by atoms with Crippen LogP contribution >= 0.6 is 0 Å². The van der Waals surface area contributed by atoms with Crippen molar-refractivity contribution < 1.29 is 32.6 Å². The van der Waals surface area contributed by atoms with Crippen LogP contribution in [0.5, 0.6) is 5.75 Å². The number of carboxylic acid groups (broad SMARTS) is 1. The molecule has 1 aliphatic heterocycles. The Bertz CT molecular complexity index is 1220. The summed E-state index contributed by atoms with van der Waals surface area (Å²) in [5.74, 6) is -0.558. The number of carboxylic acids is 1. The molecule has 2 atom stereocenters. The summed E-state index contributed by atoms with van der Waals surface area (Å²) < 4.78 is 37.5. The zero-order valence-electron chi connectivity index (χ0n) is 18.6. The van der Waals surface area contributed by atoms with Gasteiger partial charge in [-0.05, 0) is 43.5 Å². The van der Waals surface area contributed by atoms with Gasteiger partial charge in [0.25, 0.3) is 5.91 Å². The average molecular weight is 487 g/mol. The summed E-state index contributed by atoms with van der Waals surface area (Å²) in [6.45, 7) is 0.322. The minimum atomic E-state index is -5.08. The monoisotopic (exact) mass is 487 g/mol. The van der Waals surface area contributed by atoms with Crippen molar-refractivity contribution in [3.05, 3.63) is 65.5 Å². The topological polar surface area (TPSA) is 104 Å². The smallest absolute Gasteiger partial charge is 0.488 e. The molecule has 2 aromatic carbocycles. The van der Waals surface area contributed by atoms with Gasteiger partial charge in [0.05, 0.1) is 16.6 Å². The molecule has 35 heavy (non-hydrogen) atoms. The molecule has 1 aromatic heterocycles. The third-order valence-electron chi connectivity index (χ3n) is 5.97. The van der Waals surface area contributed by atoms with Crippen LogP contribution in [0.1, 0.15) is 43.0 Å². The molecule has 10 heteroatoms. The Kier molecular flexibility index (Phi) is 7.09. The van der Waals surface area contributed by atoms with Crippen LogP contribution in [0.15, 0.2) is 54.1 Å². The Morgan fingerprint density at radius 2 is 1.80 bits per heavy atom. The number of hydrogen-bond acceptors (Lipinski definition) is 4. The fraction of sp³-hybridized carbons (Fsp3) is 0.320. The second-order valence-electron chi connectivity index (χ2n) is 8.47. The van der Waals surface area contributed by atoms with Crippen molar-refractivity contribution in [3.8, 4) is 5.75 Å². The van der Waals surface area contributed by atoms with Crippen LogP contribution in [0.25, 0.3) is 17.1 Å². The number of aromatic nitrogens is 2. The van der Waals surface area contributed by atoms with Gasteiger partial charge in [0.15, 0.2) is 0 Å². The quantitative estimate of drug-likeness (QED) is 0.492. The van der Waals surface area contributed by atoms with Gasteiger partial charge >= 0.3 is 12.1 Å². The zero-order chi connectivity index (χ0) is 25.0. The maximum atomic E-state index is 12.8. The molecule has 5 rings (SSSR count). The van der Waals surface area contributed by atoms with Gasteiger partial charge in [0, 0.05) is 17.5 Å².